The molecule has 0 bridgehead atoms. The zero-order chi connectivity index (χ0) is 15.5. The molecule has 4 nitrogen and oxygen atoms in total. The molecule has 1 aliphatic rings. The molecule has 0 saturated carbocycles. The van der Waals surface area contributed by atoms with Crippen LogP contribution in [-0.4, -0.2) is 53.1 Å². The number of carbonyl (C=O) groups is 1. The van der Waals surface area contributed by atoms with Crippen LogP contribution < -0.4 is 0 Å². The second-order valence-electron chi connectivity index (χ2n) is 6.15. The zero-order valence-electron chi connectivity index (χ0n) is 12.7. The Kier molecular flexibility index (Phi) is 4.96. The molecule has 1 amide bonds. The minimum absolute atomic E-state index is 0.0593. The fourth-order valence-corrected chi connectivity index (χ4v) is 2.74. The van der Waals surface area contributed by atoms with Crippen molar-refractivity contribution in [2.75, 3.05) is 26.7 Å². The van der Waals surface area contributed by atoms with Gasteiger partial charge in [0.1, 0.15) is 5.82 Å². The van der Waals surface area contributed by atoms with E-state index >= 15 is 0 Å². The predicted octanol–water partition coefficient (Wildman–Crippen LogP) is 1.63. The minimum atomic E-state index is -0.720. The van der Waals surface area contributed by atoms with Gasteiger partial charge in [-0.25, -0.2) is 4.39 Å². The number of aliphatic hydroxyl groups is 1. The molecule has 1 heterocycles. The van der Waals surface area contributed by atoms with Gasteiger partial charge in [0.25, 0.3) is 0 Å². The van der Waals surface area contributed by atoms with E-state index in [4.69, 9.17) is 0 Å². The summed E-state index contributed by atoms with van der Waals surface area (Å²) >= 11 is 0. The van der Waals surface area contributed by atoms with Crippen molar-refractivity contribution >= 4 is 5.91 Å². The largest absolute Gasteiger partial charge is 0.389 e. The highest BCUT2D eigenvalue weighted by molar-refractivity contribution is 5.78. The third-order valence-corrected chi connectivity index (χ3v) is 3.90. The highest BCUT2D eigenvalue weighted by Crippen LogP contribution is 2.20. The second-order valence-corrected chi connectivity index (χ2v) is 6.15. The highest BCUT2D eigenvalue weighted by Gasteiger charge is 2.29. The fourth-order valence-electron chi connectivity index (χ4n) is 2.74. The number of benzene rings is 1. The monoisotopic (exact) mass is 294 g/mol. The number of β-amino-alcohol motifs (C(OH)–C–C–N with tert-alkyl or cyclic N) is 1. The van der Waals surface area contributed by atoms with Gasteiger partial charge in [0.05, 0.1) is 12.1 Å². The molecule has 1 aliphatic heterocycles. The zero-order valence-corrected chi connectivity index (χ0v) is 12.7. The van der Waals surface area contributed by atoms with Gasteiger partial charge in [-0.15, -0.1) is 0 Å². The smallest absolute Gasteiger partial charge is 0.236 e. The van der Waals surface area contributed by atoms with Gasteiger partial charge in [-0.2, -0.15) is 0 Å². The van der Waals surface area contributed by atoms with Crippen molar-refractivity contribution in [2.45, 2.75) is 31.9 Å². The molecule has 1 fully saturated rings. The Morgan fingerprint density at radius 1 is 1.48 bits per heavy atom. The first kappa shape index (κ1) is 15.9. The van der Waals surface area contributed by atoms with Gasteiger partial charge in [-0.3, -0.25) is 9.69 Å². The first-order valence-corrected chi connectivity index (χ1v) is 7.29. The number of amides is 1. The lowest BCUT2D eigenvalue weighted by molar-refractivity contribution is -0.133. The molecule has 0 aliphatic carbocycles. The predicted molar refractivity (Wildman–Crippen MR) is 79.2 cm³/mol. The number of rotatable bonds is 4. The van der Waals surface area contributed by atoms with Crippen LogP contribution >= 0.6 is 0 Å². The molecule has 21 heavy (non-hydrogen) atoms. The van der Waals surface area contributed by atoms with Gasteiger partial charge < -0.3 is 10.0 Å². The number of hydrogen-bond donors (Lipinski definition) is 1. The van der Waals surface area contributed by atoms with Gasteiger partial charge in [0.15, 0.2) is 0 Å². The molecule has 116 valence electrons. The number of halogens is 1. The minimum Gasteiger partial charge on any atom is -0.389 e. The van der Waals surface area contributed by atoms with E-state index in [2.05, 4.69) is 0 Å². The first-order chi connectivity index (χ1) is 9.87. The topological polar surface area (TPSA) is 43.8 Å². The lowest BCUT2D eigenvalue weighted by Gasteiger charge is -2.37. The molecule has 0 aromatic heterocycles. The molecule has 1 N–H and O–H groups in total. The van der Waals surface area contributed by atoms with Crippen molar-refractivity contribution in [1.82, 2.24) is 9.80 Å². The number of hydrogen-bond acceptors (Lipinski definition) is 3. The Balaban J connectivity index is 1.89. The van der Waals surface area contributed by atoms with E-state index in [1.165, 1.54) is 11.0 Å². The summed E-state index contributed by atoms with van der Waals surface area (Å²) in [5, 5.41) is 10.1. The molecule has 1 aromatic rings. The molecule has 0 radical (unpaired) electrons. The van der Waals surface area contributed by atoms with Crippen LogP contribution in [0.1, 0.15) is 25.3 Å². The second kappa shape index (κ2) is 6.54. The van der Waals surface area contributed by atoms with Crippen molar-refractivity contribution in [3.05, 3.63) is 35.6 Å². The first-order valence-electron chi connectivity index (χ1n) is 7.29. The Morgan fingerprint density at radius 3 is 2.86 bits per heavy atom. The van der Waals surface area contributed by atoms with Gasteiger partial charge in [-0.1, -0.05) is 18.2 Å². The van der Waals surface area contributed by atoms with E-state index in [1.807, 2.05) is 4.90 Å². The summed E-state index contributed by atoms with van der Waals surface area (Å²) in [4.78, 5) is 15.7. The third-order valence-electron chi connectivity index (χ3n) is 3.90. The summed E-state index contributed by atoms with van der Waals surface area (Å²) in [6.45, 7) is 3.64. The standard InChI is InChI=1S/C16H23FN2O2/c1-16(21)8-5-9-19(12-16)11-15(20)18(2)10-13-6-3-4-7-14(13)17/h3-4,6-7,21H,5,8-12H2,1-2H3. The molecule has 1 aromatic carbocycles. The van der Waals surface area contributed by atoms with Gasteiger partial charge in [0.2, 0.25) is 5.91 Å². The molecular weight excluding hydrogens is 271 g/mol. The summed E-state index contributed by atoms with van der Waals surface area (Å²) in [6, 6.07) is 6.48. The fraction of sp³-hybridized carbons (Fsp3) is 0.562. The van der Waals surface area contributed by atoms with Crippen molar-refractivity contribution < 1.29 is 14.3 Å². The molecular formula is C16H23FN2O2. The summed E-state index contributed by atoms with van der Waals surface area (Å²) in [5.41, 5.74) is -0.207. The van der Waals surface area contributed by atoms with Crippen molar-refractivity contribution in [2.24, 2.45) is 0 Å². The quantitative estimate of drug-likeness (QED) is 0.918. The van der Waals surface area contributed by atoms with Crippen LogP contribution in [0.15, 0.2) is 24.3 Å². The van der Waals surface area contributed by atoms with E-state index < -0.39 is 5.60 Å². The van der Waals surface area contributed by atoms with E-state index in [0.717, 1.165) is 19.4 Å². The van der Waals surface area contributed by atoms with Gasteiger partial charge in [0, 0.05) is 25.7 Å². The summed E-state index contributed by atoms with van der Waals surface area (Å²) in [7, 11) is 1.68. The highest BCUT2D eigenvalue weighted by atomic mass is 19.1. The third kappa shape index (κ3) is 4.51. The van der Waals surface area contributed by atoms with Crippen LogP contribution in [0.2, 0.25) is 0 Å². The molecule has 2 rings (SSSR count). The summed E-state index contributed by atoms with van der Waals surface area (Å²) in [5.74, 6) is -0.353. The molecule has 5 heteroatoms. The normalized spacial score (nSPS) is 23.0. The van der Waals surface area contributed by atoms with Crippen molar-refractivity contribution in [3.63, 3.8) is 0 Å². The van der Waals surface area contributed by atoms with Gasteiger partial charge >= 0.3 is 0 Å². The molecule has 1 atom stereocenters. The van der Waals surface area contributed by atoms with Crippen LogP contribution in [0.25, 0.3) is 0 Å². The van der Waals surface area contributed by atoms with Crippen LogP contribution in [0, 0.1) is 5.82 Å². The molecule has 1 unspecified atom stereocenters. The van der Waals surface area contributed by atoms with E-state index in [1.54, 1.807) is 32.2 Å². The number of likely N-dealkylation sites (N-methyl/N-ethyl adjacent to an activating group) is 1. The average molecular weight is 294 g/mol. The van der Waals surface area contributed by atoms with Crippen molar-refractivity contribution in [1.29, 1.82) is 0 Å². The maximum atomic E-state index is 13.6. The van der Waals surface area contributed by atoms with E-state index in [0.29, 0.717) is 12.1 Å². The number of likely N-dealkylation sites (tertiary alicyclic amines) is 1. The summed E-state index contributed by atoms with van der Waals surface area (Å²) < 4.78 is 13.6. The number of nitrogens with zero attached hydrogens (tertiary/aromatic N) is 2. The van der Waals surface area contributed by atoms with Crippen LogP contribution in [0.5, 0.6) is 0 Å². The Morgan fingerprint density at radius 2 is 2.19 bits per heavy atom. The lowest BCUT2D eigenvalue weighted by Crippen LogP contribution is -2.49. The van der Waals surface area contributed by atoms with E-state index in [9.17, 15) is 14.3 Å². The lowest BCUT2D eigenvalue weighted by atomic mass is 9.95. The van der Waals surface area contributed by atoms with Crippen LogP contribution in [0.4, 0.5) is 4.39 Å². The number of carbonyl (C=O) groups excluding carboxylic acids is 1. The molecule has 0 spiro atoms. The van der Waals surface area contributed by atoms with Crippen molar-refractivity contribution in [3.8, 4) is 0 Å². The van der Waals surface area contributed by atoms with E-state index in [-0.39, 0.29) is 24.8 Å². The SMILES string of the molecule is CN(Cc1ccccc1F)C(=O)CN1CCCC(C)(O)C1. The maximum absolute atomic E-state index is 13.6. The van der Waals surface area contributed by atoms with Gasteiger partial charge in [-0.05, 0) is 32.4 Å². The van der Waals surface area contributed by atoms with Crippen LogP contribution in [0.3, 0.4) is 0 Å². The maximum Gasteiger partial charge on any atom is 0.236 e. The summed E-state index contributed by atoms with van der Waals surface area (Å²) in [6.07, 6.45) is 1.65. The average Bonchev–Trinajstić information content (AvgIpc) is 2.40. The number of piperidine rings is 1. The Bertz CT molecular complexity index is 505. The molecule has 1 saturated heterocycles. The Hall–Kier alpha value is -1.46. The Labute approximate surface area is 125 Å². The van der Waals surface area contributed by atoms with Crippen LogP contribution in [-0.2, 0) is 11.3 Å².